The lowest BCUT2D eigenvalue weighted by Crippen LogP contribution is -2.26. The molecule has 0 bridgehead atoms. The Morgan fingerprint density at radius 3 is 2.88 bits per heavy atom. The van der Waals surface area contributed by atoms with Gasteiger partial charge in [0.1, 0.15) is 17.6 Å². The molecule has 5 heteroatoms. The molecule has 1 unspecified atom stereocenters. The number of hydrogen-bond acceptors (Lipinski definition) is 4. The van der Waals surface area contributed by atoms with Crippen LogP contribution >= 0.6 is 0 Å². The van der Waals surface area contributed by atoms with Gasteiger partial charge in [-0.1, -0.05) is 6.92 Å². The van der Waals surface area contributed by atoms with Crippen molar-refractivity contribution in [2.45, 2.75) is 38.8 Å². The predicted molar refractivity (Wildman–Crippen MR) is 59.3 cm³/mol. The third-order valence-corrected chi connectivity index (χ3v) is 2.45. The number of carbonyl (C=O) groups excluding carboxylic acids is 1. The summed E-state index contributed by atoms with van der Waals surface area (Å²) in [7, 11) is 1.52. The molecule has 1 rings (SSSR count). The summed E-state index contributed by atoms with van der Waals surface area (Å²) in [5.74, 6) is 0.514. The van der Waals surface area contributed by atoms with E-state index >= 15 is 0 Å². The molecule has 1 atom stereocenters. The normalized spacial score (nSPS) is 14.5. The summed E-state index contributed by atoms with van der Waals surface area (Å²) < 4.78 is 6.83. The fourth-order valence-corrected chi connectivity index (χ4v) is 1.70. The number of aliphatic hydroxyl groups is 1. The van der Waals surface area contributed by atoms with Crippen molar-refractivity contribution in [3.05, 3.63) is 11.9 Å². The van der Waals surface area contributed by atoms with E-state index in [-0.39, 0.29) is 6.42 Å². The minimum atomic E-state index is -1.24. The van der Waals surface area contributed by atoms with Crippen LogP contribution in [0.2, 0.25) is 0 Å². The number of ether oxygens (including phenoxy) is 1. The molecule has 0 aliphatic rings. The van der Waals surface area contributed by atoms with Gasteiger partial charge in [0.2, 0.25) is 0 Å². The van der Waals surface area contributed by atoms with Crippen molar-refractivity contribution in [3.8, 4) is 5.75 Å². The molecular weight excluding hydrogens is 208 g/mol. The van der Waals surface area contributed by atoms with E-state index in [1.54, 1.807) is 17.8 Å². The standard InChI is InChI=1S/C11H18N2O3/c1-4-6-13-10(9(16-3)8-12-13)11(2,15)5-7-14/h7-8,15H,4-6H2,1-3H3. The van der Waals surface area contributed by atoms with E-state index in [2.05, 4.69) is 5.10 Å². The summed E-state index contributed by atoms with van der Waals surface area (Å²) in [6.45, 7) is 4.30. The molecule has 0 fully saturated rings. The van der Waals surface area contributed by atoms with Crippen molar-refractivity contribution in [1.29, 1.82) is 0 Å². The predicted octanol–water partition coefficient (Wildman–Crippen LogP) is 1.10. The second-order valence-electron chi connectivity index (χ2n) is 3.93. The maximum Gasteiger partial charge on any atom is 0.162 e. The smallest absolute Gasteiger partial charge is 0.162 e. The van der Waals surface area contributed by atoms with Crippen LogP contribution in [-0.2, 0) is 16.9 Å². The van der Waals surface area contributed by atoms with Crippen LogP contribution < -0.4 is 4.74 Å². The molecule has 0 aliphatic heterocycles. The Morgan fingerprint density at radius 1 is 1.69 bits per heavy atom. The molecule has 1 heterocycles. The molecule has 0 amide bonds. The van der Waals surface area contributed by atoms with E-state index in [0.29, 0.717) is 24.3 Å². The fraction of sp³-hybridized carbons (Fsp3) is 0.636. The van der Waals surface area contributed by atoms with Gasteiger partial charge in [0.05, 0.1) is 13.3 Å². The second-order valence-corrected chi connectivity index (χ2v) is 3.93. The van der Waals surface area contributed by atoms with Gasteiger partial charge in [0.15, 0.2) is 5.75 Å². The van der Waals surface area contributed by atoms with Gasteiger partial charge in [-0.25, -0.2) is 0 Å². The minimum absolute atomic E-state index is 0.0266. The van der Waals surface area contributed by atoms with Crippen LogP contribution in [0.15, 0.2) is 6.20 Å². The first-order valence-corrected chi connectivity index (χ1v) is 5.33. The Balaban J connectivity index is 3.15. The van der Waals surface area contributed by atoms with Crippen molar-refractivity contribution in [3.63, 3.8) is 0 Å². The number of nitrogens with zero attached hydrogens (tertiary/aromatic N) is 2. The molecular formula is C11H18N2O3. The first kappa shape index (κ1) is 12.7. The molecule has 0 aliphatic carbocycles. The summed E-state index contributed by atoms with van der Waals surface area (Å²) in [6, 6.07) is 0. The zero-order valence-corrected chi connectivity index (χ0v) is 9.93. The fourth-order valence-electron chi connectivity index (χ4n) is 1.70. The molecule has 0 radical (unpaired) electrons. The third kappa shape index (κ3) is 2.41. The first-order chi connectivity index (χ1) is 7.56. The SMILES string of the molecule is CCCn1ncc(OC)c1C(C)(O)CC=O. The highest BCUT2D eigenvalue weighted by atomic mass is 16.5. The highest BCUT2D eigenvalue weighted by Crippen LogP contribution is 2.31. The average molecular weight is 226 g/mol. The van der Waals surface area contributed by atoms with Crippen LogP contribution in [0, 0.1) is 0 Å². The van der Waals surface area contributed by atoms with Crippen molar-refractivity contribution >= 4 is 6.29 Å². The van der Waals surface area contributed by atoms with Gasteiger partial charge in [0, 0.05) is 13.0 Å². The van der Waals surface area contributed by atoms with E-state index in [0.717, 1.165) is 6.42 Å². The summed E-state index contributed by atoms with van der Waals surface area (Å²) in [5.41, 5.74) is -0.678. The van der Waals surface area contributed by atoms with Crippen LogP contribution in [0.25, 0.3) is 0 Å². The van der Waals surface area contributed by atoms with Crippen molar-refractivity contribution in [2.24, 2.45) is 0 Å². The number of carbonyl (C=O) groups is 1. The van der Waals surface area contributed by atoms with Gasteiger partial charge in [-0.2, -0.15) is 5.10 Å². The largest absolute Gasteiger partial charge is 0.493 e. The quantitative estimate of drug-likeness (QED) is 0.738. The Bertz CT molecular complexity index is 358. The number of aromatic nitrogens is 2. The van der Waals surface area contributed by atoms with Crippen molar-refractivity contribution < 1.29 is 14.6 Å². The third-order valence-electron chi connectivity index (χ3n) is 2.45. The topological polar surface area (TPSA) is 64.3 Å². The summed E-state index contributed by atoms with van der Waals surface area (Å²) in [4.78, 5) is 10.6. The van der Waals surface area contributed by atoms with Crippen LogP contribution in [-0.4, -0.2) is 28.3 Å². The lowest BCUT2D eigenvalue weighted by Gasteiger charge is -2.23. The zero-order chi connectivity index (χ0) is 12.2. The van der Waals surface area contributed by atoms with Crippen LogP contribution in [0.5, 0.6) is 5.75 Å². The number of aryl methyl sites for hydroxylation is 1. The first-order valence-electron chi connectivity index (χ1n) is 5.33. The van der Waals surface area contributed by atoms with E-state index in [9.17, 15) is 9.90 Å². The van der Waals surface area contributed by atoms with E-state index in [1.165, 1.54) is 7.11 Å². The van der Waals surface area contributed by atoms with E-state index in [1.807, 2.05) is 6.92 Å². The molecule has 16 heavy (non-hydrogen) atoms. The molecule has 1 N–H and O–H groups in total. The second kappa shape index (κ2) is 5.12. The zero-order valence-electron chi connectivity index (χ0n) is 9.93. The van der Waals surface area contributed by atoms with Gasteiger partial charge in [-0.3, -0.25) is 4.68 Å². The average Bonchev–Trinajstić information content (AvgIpc) is 2.62. The van der Waals surface area contributed by atoms with Gasteiger partial charge in [-0.15, -0.1) is 0 Å². The Labute approximate surface area is 95.0 Å². The maximum atomic E-state index is 10.6. The van der Waals surface area contributed by atoms with E-state index < -0.39 is 5.60 Å². The van der Waals surface area contributed by atoms with Gasteiger partial charge >= 0.3 is 0 Å². The molecule has 1 aromatic rings. The molecule has 0 saturated heterocycles. The Morgan fingerprint density at radius 2 is 2.38 bits per heavy atom. The molecule has 0 aromatic carbocycles. The molecule has 0 saturated carbocycles. The highest BCUT2D eigenvalue weighted by Gasteiger charge is 2.31. The monoisotopic (exact) mass is 226 g/mol. The number of methoxy groups -OCH3 is 1. The Kier molecular flexibility index (Phi) is 4.06. The van der Waals surface area contributed by atoms with E-state index in [4.69, 9.17) is 4.74 Å². The Hall–Kier alpha value is -1.36. The lowest BCUT2D eigenvalue weighted by atomic mass is 9.98. The molecule has 5 nitrogen and oxygen atoms in total. The number of aldehydes is 1. The minimum Gasteiger partial charge on any atom is -0.493 e. The van der Waals surface area contributed by atoms with Crippen molar-refractivity contribution in [2.75, 3.05) is 7.11 Å². The molecule has 1 aromatic heterocycles. The molecule has 0 spiro atoms. The maximum absolute atomic E-state index is 10.6. The van der Waals surface area contributed by atoms with Gasteiger partial charge in [0.25, 0.3) is 0 Å². The number of rotatable bonds is 6. The molecule has 90 valence electrons. The summed E-state index contributed by atoms with van der Waals surface area (Å²) in [6.07, 6.45) is 3.18. The highest BCUT2D eigenvalue weighted by molar-refractivity contribution is 5.53. The van der Waals surface area contributed by atoms with Gasteiger partial charge in [-0.05, 0) is 13.3 Å². The van der Waals surface area contributed by atoms with Gasteiger partial charge < -0.3 is 14.6 Å². The van der Waals surface area contributed by atoms with Crippen molar-refractivity contribution in [1.82, 2.24) is 9.78 Å². The lowest BCUT2D eigenvalue weighted by molar-refractivity contribution is -0.112. The summed E-state index contributed by atoms with van der Waals surface area (Å²) >= 11 is 0. The van der Waals surface area contributed by atoms with Crippen LogP contribution in [0.1, 0.15) is 32.4 Å². The van der Waals surface area contributed by atoms with Crippen LogP contribution in [0.4, 0.5) is 0 Å². The number of hydrogen-bond donors (Lipinski definition) is 1. The summed E-state index contributed by atoms with van der Waals surface area (Å²) in [5, 5.41) is 14.4. The van der Waals surface area contributed by atoms with Crippen LogP contribution in [0.3, 0.4) is 0 Å².